The van der Waals surface area contributed by atoms with E-state index in [1.165, 1.54) is 26.6 Å². The Labute approximate surface area is 239 Å². The third kappa shape index (κ3) is 3.81. The standard InChI is InChI=1S/C37H27N2OP/c1-22-18-30-28-17-16-23(2)38-37(28)40-35(30)31(19-22)33-21-25(24-10-5-4-6-11-24)20-32(39-33)29-14-9-13-27-26-12-7-8-15-34(26)41(3)36(27)29/h4-21H,1-3H3. The second-order valence-electron chi connectivity index (χ2n) is 10.9. The van der Waals surface area contributed by atoms with Crippen molar-refractivity contribution >= 4 is 50.6 Å². The van der Waals surface area contributed by atoms with E-state index in [0.29, 0.717) is 5.71 Å². The molecule has 1 atom stereocenters. The summed E-state index contributed by atoms with van der Waals surface area (Å²) in [6.45, 7) is 6.50. The lowest BCUT2D eigenvalue weighted by Crippen LogP contribution is -1.92. The van der Waals surface area contributed by atoms with Gasteiger partial charge in [0.25, 0.3) is 0 Å². The SMILES string of the molecule is Cc1cc(-c2cc(-c3ccccc3)cc(-c3cccc4c5ccccc5p(C)c34)n2)c2oc3nc(C)ccc3c2c1. The minimum absolute atomic E-state index is 0.486. The molecule has 0 bridgehead atoms. The number of nitrogens with zero attached hydrogens (tertiary/aromatic N) is 2. The number of hydrogen-bond acceptors (Lipinski definition) is 3. The Morgan fingerprint density at radius 3 is 2.20 bits per heavy atom. The highest BCUT2D eigenvalue weighted by Crippen LogP contribution is 2.51. The van der Waals surface area contributed by atoms with Gasteiger partial charge < -0.3 is 4.42 Å². The molecule has 0 aliphatic carbocycles. The molecular formula is C37H27N2OP. The second kappa shape index (κ2) is 9.16. The molecule has 196 valence electrons. The Morgan fingerprint density at radius 1 is 0.585 bits per heavy atom. The number of aryl methyl sites for hydroxylation is 3. The summed E-state index contributed by atoms with van der Waals surface area (Å²) in [7, 11) is -0.486. The molecule has 0 fully saturated rings. The fourth-order valence-electron chi connectivity index (χ4n) is 6.23. The molecule has 4 aromatic heterocycles. The minimum Gasteiger partial charge on any atom is -0.437 e. The molecule has 8 rings (SSSR count). The van der Waals surface area contributed by atoms with E-state index in [1.54, 1.807) is 0 Å². The molecule has 41 heavy (non-hydrogen) atoms. The molecule has 3 nitrogen and oxygen atoms in total. The van der Waals surface area contributed by atoms with Crippen molar-refractivity contribution in [3.63, 3.8) is 0 Å². The second-order valence-corrected chi connectivity index (χ2v) is 12.9. The summed E-state index contributed by atoms with van der Waals surface area (Å²) < 4.78 is 6.45. The molecule has 4 heterocycles. The number of hydrogen-bond donors (Lipinski definition) is 0. The summed E-state index contributed by atoms with van der Waals surface area (Å²) in [5.74, 6) is 0. The molecule has 0 N–H and O–H groups in total. The molecule has 4 aromatic carbocycles. The van der Waals surface area contributed by atoms with Gasteiger partial charge in [0.1, 0.15) is 5.58 Å². The lowest BCUT2D eigenvalue weighted by atomic mass is 9.97. The zero-order chi connectivity index (χ0) is 27.7. The average Bonchev–Trinajstić information content (AvgIpc) is 3.51. The van der Waals surface area contributed by atoms with Gasteiger partial charge in [-0.05, 0) is 84.4 Å². The van der Waals surface area contributed by atoms with Crippen molar-refractivity contribution in [2.45, 2.75) is 13.8 Å². The first-order valence-electron chi connectivity index (χ1n) is 13.9. The summed E-state index contributed by atoms with van der Waals surface area (Å²) >= 11 is 0. The highest BCUT2D eigenvalue weighted by atomic mass is 31.1. The van der Waals surface area contributed by atoms with E-state index in [2.05, 4.69) is 117 Å². The largest absolute Gasteiger partial charge is 0.437 e. The molecule has 8 aromatic rings. The molecule has 0 aliphatic rings. The summed E-state index contributed by atoms with van der Waals surface area (Å²) in [5, 5.41) is 7.63. The molecule has 0 radical (unpaired) electrons. The van der Waals surface area contributed by atoms with Gasteiger partial charge in [-0.15, -0.1) is 7.53 Å². The van der Waals surface area contributed by atoms with Crippen molar-refractivity contribution in [3.8, 4) is 33.6 Å². The number of furan rings is 1. The minimum atomic E-state index is -0.486. The van der Waals surface area contributed by atoms with Crippen LogP contribution in [0.1, 0.15) is 11.3 Å². The quantitative estimate of drug-likeness (QED) is 0.221. The Balaban J connectivity index is 1.45. The summed E-state index contributed by atoms with van der Waals surface area (Å²) in [4.78, 5) is 10.1. The van der Waals surface area contributed by atoms with Gasteiger partial charge in [-0.3, -0.25) is 0 Å². The average molecular weight is 547 g/mol. The molecule has 0 amide bonds. The fraction of sp³-hybridized carbons (Fsp3) is 0.0811. The predicted octanol–water partition coefficient (Wildman–Crippen LogP) is 10.8. The van der Waals surface area contributed by atoms with E-state index in [0.717, 1.165) is 55.7 Å². The van der Waals surface area contributed by atoms with Crippen LogP contribution in [0.5, 0.6) is 0 Å². The van der Waals surface area contributed by atoms with Crippen LogP contribution in [0.15, 0.2) is 114 Å². The first-order chi connectivity index (χ1) is 20.0. The highest BCUT2D eigenvalue weighted by molar-refractivity contribution is 7.60. The van der Waals surface area contributed by atoms with Crippen molar-refractivity contribution in [2.75, 3.05) is 0 Å². The zero-order valence-corrected chi connectivity index (χ0v) is 24.0. The van der Waals surface area contributed by atoms with Crippen molar-refractivity contribution in [2.24, 2.45) is 6.66 Å². The van der Waals surface area contributed by atoms with E-state index < -0.39 is 7.53 Å². The fourth-order valence-corrected chi connectivity index (χ4v) is 8.45. The maximum absolute atomic E-state index is 6.45. The molecule has 4 heteroatoms. The summed E-state index contributed by atoms with van der Waals surface area (Å²) in [6.07, 6.45) is 0. The van der Waals surface area contributed by atoms with Gasteiger partial charge >= 0.3 is 0 Å². The number of rotatable bonds is 3. The number of pyridine rings is 2. The number of benzene rings is 4. The Morgan fingerprint density at radius 2 is 1.34 bits per heavy atom. The lowest BCUT2D eigenvalue weighted by molar-refractivity contribution is 0.653. The molecular weight excluding hydrogens is 519 g/mol. The Kier molecular flexibility index (Phi) is 5.39. The Bertz CT molecular complexity index is 2290. The summed E-state index contributed by atoms with van der Waals surface area (Å²) in [6, 6.07) is 39.1. The van der Waals surface area contributed by atoms with Gasteiger partial charge in [-0.1, -0.05) is 72.8 Å². The third-order valence-electron chi connectivity index (χ3n) is 8.13. The number of fused-ring (bicyclic) bond motifs is 6. The smallest absolute Gasteiger partial charge is 0.227 e. The van der Waals surface area contributed by atoms with Crippen LogP contribution < -0.4 is 0 Å². The van der Waals surface area contributed by atoms with Crippen LogP contribution >= 0.6 is 7.53 Å². The van der Waals surface area contributed by atoms with Gasteiger partial charge in [-0.2, -0.15) is 0 Å². The normalized spacial score (nSPS) is 12.2. The van der Waals surface area contributed by atoms with E-state index in [-0.39, 0.29) is 0 Å². The molecule has 0 saturated heterocycles. The topological polar surface area (TPSA) is 38.9 Å². The summed E-state index contributed by atoms with van der Waals surface area (Å²) in [5.41, 5.74) is 9.99. The molecule has 0 spiro atoms. The van der Waals surface area contributed by atoms with Crippen LogP contribution in [-0.2, 0) is 6.66 Å². The Hall–Kier alpha value is -4.72. The predicted molar refractivity (Wildman–Crippen MR) is 174 cm³/mol. The molecule has 0 saturated carbocycles. The van der Waals surface area contributed by atoms with Gasteiger partial charge in [0.2, 0.25) is 5.71 Å². The van der Waals surface area contributed by atoms with Gasteiger partial charge in [0.05, 0.1) is 11.4 Å². The maximum Gasteiger partial charge on any atom is 0.227 e. The van der Waals surface area contributed by atoms with Gasteiger partial charge in [0, 0.05) is 37.8 Å². The van der Waals surface area contributed by atoms with Crippen molar-refractivity contribution in [3.05, 3.63) is 120 Å². The van der Waals surface area contributed by atoms with Crippen LogP contribution in [0.2, 0.25) is 0 Å². The van der Waals surface area contributed by atoms with Crippen LogP contribution in [0, 0.1) is 13.8 Å². The lowest BCUT2D eigenvalue weighted by Gasteiger charge is -2.12. The van der Waals surface area contributed by atoms with E-state index in [4.69, 9.17) is 14.4 Å². The van der Waals surface area contributed by atoms with Gasteiger partial charge in [-0.25, -0.2) is 9.97 Å². The maximum atomic E-state index is 6.45. The van der Waals surface area contributed by atoms with E-state index >= 15 is 0 Å². The molecule has 1 unspecified atom stereocenters. The van der Waals surface area contributed by atoms with Gasteiger partial charge in [0.15, 0.2) is 0 Å². The third-order valence-corrected chi connectivity index (χ3v) is 10.4. The van der Waals surface area contributed by atoms with Crippen LogP contribution in [-0.4, -0.2) is 9.97 Å². The van der Waals surface area contributed by atoms with E-state index in [1.807, 2.05) is 13.0 Å². The molecule has 0 aliphatic heterocycles. The highest BCUT2D eigenvalue weighted by Gasteiger charge is 2.19. The van der Waals surface area contributed by atoms with Crippen LogP contribution in [0.25, 0.3) is 76.7 Å². The monoisotopic (exact) mass is 546 g/mol. The first kappa shape index (κ1) is 24.1. The van der Waals surface area contributed by atoms with Crippen molar-refractivity contribution < 1.29 is 4.42 Å². The number of aromatic nitrogens is 2. The van der Waals surface area contributed by atoms with Crippen molar-refractivity contribution in [1.29, 1.82) is 0 Å². The van der Waals surface area contributed by atoms with Crippen molar-refractivity contribution in [1.82, 2.24) is 9.97 Å². The van der Waals surface area contributed by atoms with Crippen LogP contribution in [0.3, 0.4) is 0 Å². The zero-order valence-electron chi connectivity index (χ0n) is 23.1. The first-order valence-corrected chi connectivity index (χ1v) is 15.7. The van der Waals surface area contributed by atoms with Crippen LogP contribution in [0.4, 0.5) is 0 Å². The van der Waals surface area contributed by atoms with E-state index in [9.17, 15) is 0 Å².